The smallest absolute Gasteiger partial charge is 0.221 e. The molecule has 1 heterocycles. The van der Waals surface area contributed by atoms with E-state index >= 15 is 0 Å². The van der Waals surface area contributed by atoms with Gasteiger partial charge in [-0.2, -0.15) is 0 Å². The van der Waals surface area contributed by atoms with Gasteiger partial charge in [0.15, 0.2) is 10.9 Å². The molecule has 0 bridgehead atoms. The summed E-state index contributed by atoms with van der Waals surface area (Å²) in [6.45, 7) is 0.0396. The minimum absolute atomic E-state index is 0.00776. The van der Waals surface area contributed by atoms with Gasteiger partial charge in [-0.1, -0.05) is 30.3 Å². The van der Waals surface area contributed by atoms with E-state index in [0.717, 1.165) is 11.3 Å². The first kappa shape index (κ1) is 20.2. The number of thiophene rings is 1. The maximum absolute atomic E-state index is 13.4. The van der Waals surface area contributed by atoms with E-state index in [1.807, 2.05) is 0 Å². The Labute approximate surface area is 183 Å². The fourth-order valence-corrected chi connectivity index (χ4v) is 5.37. The van der Waals surface area contributed by atoms with Crippen LogP contribution in [0.25, 0.3) is 41.7 Å². The first-order valence-electron chi connectivity index (χ1n) is 9.96. The maximum Gasteiger partial charge on any atom is 0.221 e. The largest absolute Gasteiger partial charge is 0.344 e. The molecule has 8 heteroatoms. The molecule has 0 saturated heterocycles. The average molecular weight is 444 g/mol. The summed E-state index contributed by atoms with van der Waals surface area (Å²) in [7, 11) is 0. The molecule has 5 aromatic rings. The van der Waals surface area contributed by atoms with Gasteiger partial charge in [-0.3, -0.25) is 24.0 Å². The molecule has 0 spiro atoms. The second kappa shape index (κ2) is 7.44. The van der Waals surface area contributed by atoms with Crippen molar-refractivity contribution in [3.8, 4) is 0 Å². The maximum atomic E-state index is 13.4. The van der Waals surface area contributed by atoms with Crippen LogP contribution in [0, 0.1) is 0 Å². The Bertz CT molecular complexity index is 1800. The van der Waals surface area contributed by atoms with E-state index in [0.29, 0.717) is 12.0 Å². The van der Waals surface area contributed by atoms with Crippen LogP contribution >= 0.6 is 11.3 Å². The minimum Gasteiger partial charge on any atom is -0.344 e. The van der Waals surface area contributed by atoms with E-state index in [-0.39, 0.29) is 71.6 Å². The summed E-state index contributed by atoms with van der Waals surface area (Å²) in [6, 6.07) is 11.3. The summed E-state index contributed by atoms with van der Waals surface area (Å²) in [5.41, 5.74) is 4.39. The van der Waals surface area contributed by atoms with Gasteiger partial charge in [0.1, 0.15) is 0 Å². The van der Waals surface area contributed by atoms with E-state index in [1.165, 1.54) is 0 Å². The van der Waals surface area contributed by atoms with Crippen LogP contribution in [-0.2, 0) is 11.2 Å². The van der Waals surface area contributed by atoms with Crippen molar-refractivity contribution in [3.63, 3.8) is 0 Å². The van der Waals surface area contributed by atoms with Crippen LogP contribution < -0.4 is 32.8 Å². The van der Waals surface area contributed by atoms with Crippen LogP contribution in [0.5, 0.6) is 0 Å². The number of nitrogens with two attached hydrogens (primary N) is 1. The zero-order chi connectivity index (χ0) is 22.6. The lowest BCUT2D eigenvalue weighted by molar-refractivity contribution is -0.121. The first-order valence-corrected chi connectivity index (χ1v) is 10.8. The van der Waals surface area contributed by atoms with Crippen LogP contribution in [0.3, 0.4) is 0 Å². The molecule has 0 atom stereocenters. The van der Waals surface area contributed by atoms with E-state index in [2.05, 4.69) is 5.32 Å². The van der Waals surface area contributed by atoms with Crippen molar-refractivity contribution in [2.75, 3.05) is 6.67 Å². The van der Waals surface area contributed by atoms with Gasteiger partial charge in [0, 0.05) is 28.0 Å². The molecule has 1 amide bonds. The summed E-state index contributed by atoms with van der Waals surface area (Å²) >= 11 is 0.907. The highest BCUT2D eigenvalue weighted by atomic mass is 32.1. The molecule has 0 saturated carbocycles. The molecule has 0 aliphatic heterocycles. The molecule has 3 N–H and O–H groups in total. The minimum atomic E-state index is -0.458. The monoisotopic (exact) mass is 444 g/mol. The van der Waals surface area contributed by atoms with E-state index in [9.17, 15) is 24.0 Å². The van der Waals surface area contributed by atoms with Crippen LogP contribution in [0.15, 0.2) is 61.6 Å². The molecule has 5 rings (SSSR count). The number of nitrogens with one attached hydrogen (secondary N) is 1. The quantitative estimate of drug-likeness (QED) is 0.406. The summed E-state index contributed by atoms with van der Waals surface area (Å²) in [6.07, 6.45) is 0.543. The molecule has 0 aliphatic carbocycles. The number of carbonyl (C=O) groups excluding carboxylic acids is 1. The molecule has 32 heavy (non-hydrogen) atoms. The molecule has 0 unspecified atom stereocenters. The number of aryl methyl sites for hydroxylation is 1. The molecule has 1 aromatic heterocycles. The van der Waals surface area contributed by atoms with Gasteiger partial charge in [0.05, 0.1) is 26.8 Å². The SMILES string of the molecule is NCNC(=O)CCc1ccc2c(=O)c3sc4c(=O)c5ccccc5c(=O)c4c3c(=O)c2c1. The highest BCUT2D eigenvalue weighted by Gasteiger charge is 2.22. The number of hydrogen-bond donors (Lipinski definition) is 2. The third-order valence-electron chi connectivity index (χ3n) is 5.70. The van der Waals surface area contributed by atoms with Crippen molar-refractivity contribution < 1.29 is 4.79 Å². The Morgan fingerprint density at radius 1 is 0.781 bits per heavy atom. The van der Waals surface area contributed by atoms with Gasteiger partial charge in [0.25, 0.3) is 0 Å². The predicted molar refractivity (Wildman–Crippen MR) is 127 cm³/mol. The molecular formula is C24H16N2O5S. The number of fused-ring (bicyclic) bond motifs is 5. The van der Waals surface area contributed by atoms with Crippen LogP contribution in [0.2, 0.25) is 0 Å². The molecule has 4 aromatic carbocycles. The molecule has 0 radical (unpaired) electrons. The highest BCUT2D eigenvalue weighted by molar-refractivity contribution is 7.25. The first-order chi connectivity index (χ1) is 15.4. The van der Waals surface area contributed by atoms with Crippen molar-refractivity contribution in [1.29, 1.82) is 0 Å². The number of rotatable bonds is 4. The van der Waals surface area contributed by atoms with Crippen LogP contribution in [0.1, 0.15) is 12.0 Å². The lowest BCUT2D eigenvalue weighted by atomic mass is 9.99. The highest BCUT2D eigenvalue weighted by Crippen LogP contribution is 2.29. The number of carbonyl (C=O) groups is 1. The summed E-state index contributed by atoms with van der Waals surface area (Å²) in [4.78, 5) is 64.5. The topological polar surface area (TPSA) is 123 Å². The lowest BCUT2D eigenvalue weighted by Crippen LogP contribution is -2.29. The molecule has 0 fully saturated rings. The van der Waals surface area contributed by atoms with Gasteiger partial charge >= 0.3 is 0 Å². The van der Waals surface area contributed by atoms with Crippen LogP contribution in [-0.4, -0.2) is 12.6 Å². The standard InChI is InChI=1S/C24H16N2O5S/c25-10-26-16(27)8-6-11-5-7-14-15(9-11)20(29)18-17-19(28)12-3-1-2-4-13(12)21(30)23(17)32-24(18)22(14)31/h1-5,7,9H,6,8,10,25H2,(H,26,27). The zero-order valence-electron chi connectivity index (χ0n) is 16.7. The predicted octanol–water partition coefficient (Wildman–Crippen LogP) is 1.64. The van der Waals surface area contributed by atoms with Crippen molar-refractivity contribution in [2.45, 2.75) is 12.8 Å². The molecule has 158 valence electrons. The van der Waals surface area contributed by atoms with Gasteiger partial charge in [0.2, 0.25) is 16.8 Å². The van der Waals surface area contributed by atoms with Crippen molar-refractivity contribution in [1.82, 2.24) is 5.32 Å². The Morgan fingerprint density at radius 3 is 1.97 bits per heavy atom. The molecule has 0 aliphatic rings. The third-order valence-corrected chi connectivity index (χ3v) is 6.89. The van der Waals surface area contributed by atoms with Crippen molar-refractivity contribution >= 4 is 59.0 Å². The van der Waals surface area contributed by atoms with E-state index in [4.69, 9.17) is 5.73 Å². The fourth-order valence-electron chi connectivity index (χ4n) is 4.17. The average Bonchev–Trinajstić information content (AvgIpc) is 3.21. The normalized spacial score (nSPS) is 11.7. The van der Waals surface area contributed by atoms with Gasteiger partial charge in [-0.15, -0.1) is 11.3 Å². The number of hydrogen-bond acceptors (Lipinski definition) is 7. The van der Waals surface area contributed by atoms with E-state index in [1.54, 1.807) is 42.5 Å². The fraction of sp³-hybridized carbons (Fsp3) is 0.125. The van der Waals surface area contributed by atoms with Gasteiger partial charge in [-0.05, 0) is 24.1 Å². The Balaban J connectivity index is 1.83. The zero-order valence-corrected chi connectivity index (χ0v) is 17.5. The number of amides is 1. The molecular weight excluding hydrogens is 428 g/mol. The summed E-state index contributed by atoms with van der Waals surface area (Å²) in [5, 5.41) is 3.45. The Kier molecular flexibility index (Phi) is 4.69. The van der Waals surface area contributed by atoms with Crippen molar-refractivity contribution in [3.05, 3.63) is 88.9 Å². The van der Waals surface area contributed by atoms with Crippen LogP contribution in [0.4, 0.5) is 0 Å². The number of benzene rings is 4. The third kappa shape index (κ3) is 2.88. The van der Waals surface area contributed by atoms with Gasteiger partial charge < -0.3 is 11.1 Å². The summed E-state index contributed by atoms with van der Waals surface area (Å²) in [5.74, 6) is -0.218. The lowest BCUT2D eigenvalue weighted by Gasteiger charge is -2.04. The molecule has 7 nitrogen and oxygen atoms in total. The second-order valence-electron chi connectivity index (χ2n) is 7.56. The Morgan fingerprint density at radius 2 is 1.34 bits per heavy atom. The van der Waals surface area contributed by atoms with E-state index < -0.39 is 10.9 Å². The van der Waals surface area contributed by atoms with Crippen molar-refractivity contribution in [2.24, 2.45) is 5.73 Å². The Hall–Kier alpha value is -3.75. The van der Waals surface area contributed by atoms with Gasteiger partial charge in [-0.25, -0.2) is 0 Å². The summed E-state index contributed by atoms with van der Waals surface area (Å²) < 4.78 is 0.254. The second-order valence-corrected chi connectivity index (χ2v) is 8.58.